The molecule has 1 unspecified atom stereocenters. The van der Waals surface area contributed by atoms with Crippen LogP contribution in [0.1, 0.15) is 16.3 Å². The zero-order valence-electron chi connectivity index (χ0n) is 16.5. The first-order valence-corrected chi connectivity index (χ1v) is 10.4. The number of nitrogens with one attached hydrogen (secondary N) is 1. The summed E-state index contributed by atoms with van der Waals surface area (Å²) in [6.07, 6.45) is -0.399. The standard InChI is InChI=1S/C20H29N3O4S/c1-15-22-17(14-28-15)13-27-19-4-3-16(9-20(19)25-2)10-21-11-18(24)12-23-5-7-26-8-6-23/h3-4,9,14,18,21,24H,5-8,10-13H2,1-2H3. The molecule has 1 aromatic heterocycles. The van der Waals surface area contributed by atoms with Crippen molar-refractivity contribution in [1.82, 2.24) is 15.2 Å². The molecule has 1 aromatic carbocycles. The lowest BCUT2D eigenvalue weighted by atomic mass is 10.2. The van der Waals surface area contributed by atoms with Crippen molar-refractivity contribution in [3.05, 3.63) is 39.8 Å². The molecule has 1 saturated heterocycles. The van der Waals surface area contributed by atoms with Gasteiger partial charge >= 0.3 is 0 Å². The van der Waals surface area contributed by atoms with E-state index in [0.29, 0.717) is 37.7 Å². The molecule has 7 nitrogen and oxygen atoms in total. The molecule has 0 radical (unpaired) electrons. The number of rotatable bonds is 10. The summed E-state index contributed by atoms with van der Waals surface area (Å²) in [5, 5.41) is 16.6. The second-order valence-electron chi connectivity index (χ2n) is 6.83. The van der Waals surface area contributed by atoms with Crippen LogP contribution in [0.25, 0.3) is 0 Å². The normalized spacial score (nSPS) is 16.1. The SMILES string of the molecule is COc1cc(CNCC(O)CN2CCOCC2)ccc1OCc1csc(C)n1. The van der Waals surface area contributed by atoms with Crippen LogP contribution in [0.4, 0.5) is 0 Å². The van der Waals surface area contributed by atoms with Crippen molar-refractivity contribution in [2.24, 2.45) is 0 Å². The van der Waals surface area contributed by atoms with Crippen molar-refractivity contribution in [2.45, 2.75) is 26.2 Å². The van der Waals surface area contributed by atoms with Gasteiger partial charge in [-0.25, -0.2) is 4.98 Å². The Morgan fingerprint density at radius 1 is 1.32 bits per heavy atom. The fraction of sp³-hybridized carbons (Fsp3) is 0.550. The lowest BCUT2D eigenvalue weighted by Gasteiger charge is -2.28. The van der Waals surface area contributed by atoms with Crippen molar-refractivity contribution in [3.63, 3.8) is 0 Å². The Bertz CT molecular complexity index is 734. The maximum atomic E-state index is 10.2. The highest BCUT2D eigenvalue weighted by atomic mass is 32.1. The third-order valence-electron chi connectivity index (χ3n) is 4.55. The van der Waals surface area contributed by atoms with Crippen molar-refractivity contribution in [3.8, 4) is 11.5 Å². The molecule has 28 heavy (non-hydrogen) atoms. The Kier molecular flexibility index (Phi) is 8.05. The van der Waals surface area contributed by atoms with E-state index in [1.54, 1.807) is 18.4 Å². The quantitative estimate of drug-likeness (QED) is 0.622. The second-order valence-corrected chi connectivity index (χ2v) is 7.89. The van der Waals surface area contributed by atoms with Crippen LogP contribution in [-0.4, -0.2) is 67.6 Å². The molecule has 8 heteroatoms. The highest BCUT2D eigenvalue weighted by Crippen LogP contribution is 2.29. The number of aliphatic hydroxyl groups excluding tert-OH is 1. The van der Waals surface area contributed by atoms with Gasteiger partial charge in [0.05, 0.1) is 37.1 Å². The van der Waals surface area contributed by atoms with Gasteiger partial charge in [-0.15, -0.1) is 11.3 Å². The monoisotopic (exact) mass is 407 g/mol. The number of aromatic nitrogens is 1. The van der Waals surface area contributed by atoms with Gasteiger partial charge in [-0.05, 0) is 24.6 Å². The molecule has 1 aliphatic rings. The lowest BCUT2D eigenvalue weighted by molar-refractivity contribution is 0.0149. The summed E-state index contributed by atoms with van der Waals surface area (Å²) in [6, 6.07) is 5.88. The molecule has 0 spiro atoms. The number of aliphatic hydroxyl groups is 1. The number of thiazole rings is 1. The molecule has 1 atom stereocenters. The van der Waals surface area contributed by atoms with Crippen LogP contribution in [0, 0.1) is 6.92 Å². The van der Waals surface area contributed by atoms with Gasteiger partial charge in [0.2, 0.25) is 0 Å². The van der Waals surface area contributed by atoms with Gasteiger partial charge in [-0.1, -0.05) is 6.07 Å². The molecular weight excluding hydrogens is 378 g/mol. The number of methoxy groups -OCH3 is 1. The largest absolute Gasteiger partial charge is 0.493 e. The van der Waals surface area contributed by atoms with Gasteiger partial charge in [-0.3, -0.25) is 4.90 Å². The third kappa shape index (κ3) is 6.42. The summed E-state index contributed by atoms with van der Waals surface area (Å²) in [7, 11) is 1.64. The molecule has 1 fully saturated rings. The van der Waals surface area contributed by atoms with Gasteiger partial charge in [-0.2, -0.15) is 0 Å². The van der Waals surface area contributed by atoms with Gasteiger partial charge in [0.1, 0.15) is 6.61 Å². The average molecular weight is 408 g/mol. The summed E-state index contributed by atoms with van der Waals surface area (Å²) in [5.74, 6) is 1.39. The van der Waals surface area contributed by atoms with Crippen LogP contribution in [0.15, 0.2) is 23.6 Å². The Morgan fingerprint density at radius 3 is 2.86 bits per heavy atom. The number of benzene rings is 1. The highest BCUT2D eigenvalue weighted by Gasteiger charge is 2.14. The number of morpholine rings is 1. The van der Waals surface area contributed by atoms with E-state index in [9.17, 15) is 5.11 Å². The number of hydrogen-bond acceptors (Lipinski definition) is 8. The molecule has 154 valence electrons. The van der Waals surface area contributed by atoms with Gasteiger partial charge in [0, 0.05) is 38.1 Å². The van der Waals surface area contributed by atoms with Crippen molar-refractivity contribution in [2.75, 3.05) is 46.5 Å². The van der Waals surface area contributed by atoms with Crippen molar-refractivity contribution >= 4 is 11.3 Å². The van der Waals surface area contributed by atoms with E-state index in [2.05, 4.69) is 15.2 Å². The van der Waals surface area contributed by atoms with Gasteiger partial charge in [0.25, 0.3) is 0 Å². The molecule has 0 bridgehead atoms. The van der Waals surface area contributed by atoms with Crippen LogP contribution in [-0.2, 0) is 17.9 Å². The summed E-state index contributed by atoms with van der Waals surface area (Å²) in [4.78, 5) is 6.64. The molecule has 0 saturated carbocycles. The Labute approximate surface area is 170 Å². The average Bonchev–Trinajstić information content (AvgIpc) is 3.12. The van der Waals surface area contributed by atoms with E-state index in [1.165, 1.54) is 0 Å². The Morgan fingerprint density at radius 2 is 2.14 bits per heavy atom. The molecule has 1 aliphatic heterocycles. The topological polar surface area (TPSA) is 76.1 Å². The first-order valence-electron chi connectivity index (χ1n) is 9.53. The van der Waals surface area contributed by atoms with Gasteiger partial charge in [0.15, 0.2) is 11.5 Å². The minimum Gasteiger partial charge on any atom is -0.493 e. The van der Waals surface area contributed by atoms with Crippen LogP contribution in [0.2, 0.25) is 0 Å². The minimum absolute atomic E-state index is 0.399. The van der Waals surface area contributed by atoms with Crippen molar-refractivity contribution < 1.29 is 19.3 Å². The minimum atomic E-state index is -0.399. The summed E-state index contributed by atoms with van der Waals surface area (Å²) in [5.41, 5.74) is 2.00. The zero-order chi connectivity index (χ0) is 19.8. The van der Waals surface area contributed by atoms with Crippen LogP contribution < -0.4 is 14.8 Å². The van der Waals surface area contributed by atoms with Crippen molar-refractivity contribution in [1.29, 1.82) is 0 Å². The molecule has 3 rings (SSSR count). The van der Waals surface area contributed by atoms with Crippen LogP contribution >= 0.6 is 11.3 Å². The maximum Gasteiger partial charge on any atom is 0.161 e. The molecule has 2 N–H and O–H groups in total. The predicted octanol–water partition coefficient (Wildman–Crippen LogP) is 1.82. The predicted molar refractivity (Wildman–Crippen MR) is 109 cm³/mol. The Hall–Kier alpha value is -1.71. The summed E-state index contributed by atoms with van der Waals surface area (Å²) in [6.45, 7) is 7.53. The number of nitrogens with zero attached hydrogens (tertiary/aromatic N) is 2. The maximum absolute atomic E-state index is 10.2. The molecule has 0 amide bonds. The van der Waals surface area contributed by atoms with E-state index < -0.39 is 6.10 Å². The van der Waals surface area contributed by atoms with E-state index in [-0.39, 0.29) is 0 Å². The number of ether oxygens (including phenoxy) is 3. The molecule has 2 aromatic rings. The van der Waals surface area contributed by atoms with E-state index >= 15 is 0 Å². The van der Waals surface area contributed by atoms with Crippen LogP contribution in [0.3, 0.4) is 0 Å². The van der Waals surface area contributed by atoms with E-state index in [1.807, 2.05) is 30.5 Å². The third-order valence-corrected chi connectivity index (χ3v) is 5.37. The fourth-order valence-electron chi connectivity index (χ4n) is 3.10. The summed E-state index contributed by atoms with van der Waals surface area (Å²) < 4.78 is 16.7. The number of aryl methyl sites for hydroxylation is 1. The second kappa shape index (κ2) is 10.7. The van der Waals surface area contributed by atoms with Crippen LogP contribution in [0.5, 0.6) is 11.5 Å². The first kappa shape index (κ1) is 21.0. The smallest absolute Gasteiger partial charge is 0.161 e. The highest BCUT2D eigenvalue weighted by molar-refractivity contribution is 7.09. The molecular formula is C20H29N3O4S. The summed E-state index contributed by atoms with van der Waals surface area (Å²) >= 11 is 1.61. The molecule has 2 heterocycles. The fourth-order valence-corrected chi connectivity index (χ4v) is 3.69. The number of hydrogen-bond donors (Lipinski definition) is 2. The Balaban J connectivity index is 1.44. The lowest BCUT2D eigenvalue weighted by Crippen LogP contribution is -2.43. The first-order chi connectivity index (χ1) is 13.6. The molecule has 0 aliphatic carbocycles. The van der Waals surface area contributed by atoms with E-state index in [4.69, 9.17) is 14.2 Å². The zero-order valence-corrected chi connectivity index (χ0v) is 17.3. The van der Waals surface area contributed by atoms with E-state index in [0.717, 1.165) is 42.6 Å². The van der Waals surface area contributed by atoms with Gasteiger partial charge < -0.3 is 24.6 Å². The number of β-amino-alcohol motifs (C(OH)–C–C–N with tert-alkyl or cyclic N) is 1.